The van der Waals surface area contributed by atoms with E-state index in [9.17, 15) is 14.7 Å². The molecule has 7 nitrogen and oxygen atoms in total. The Morgan fingerprint density at radius 3 is 2.65 bits per heavy atom. The molecule has 182 valence electrons. The molecule has 34 heavy (non-hydrogen) atoms. The Bertz CT molecular complexity index is 1190. The minimum Gasteiger partial charge on any atom is -0.506 e. The highest BCUT2D eigenvalue weighted by molar-refractivity contribution is 6.32. The van der Waals surface area contributed by atoms with Crippen molar-refractivity contribution in [3.05, 3.63) is 57.3 Å². The number of ether oxygens (including phenoxy) is 1. The molecule has 3 rings (SSSR count). The number of carboxylic acids is 1. The number of carbonyl (C=O) groups is 2. The summed E-state index contributed by atoms with van der Waals surface area (Å²) in [6.07, 6.45) is 3.85. The van der Waals surface area contributed by atoms with Gasteiger partial charge in [-0.05, 0) is 48.9 Å². The first-order valence-electron chi connectivity index (χ1n) is 11.1. The highest BCUT2D eigenvalue weighted by Crippen LogP contribution is 2.30. The number of Topliss-reactive ketones (excluding diaryl/α,β-unsaturated/α-hetero) is 1. The first-order valence-corrected chi connectivity index (χ1v) is 11.9. The normalized spacial score (nSPS) is 12.2. The summed E-state index contributed by atoms with van der Waals surface area (Å²) >= 11 is 12.1. The minimum atomic E-state index is -0.919. The number of ketones is 1. The average molecular weight is 507 g/mol. The molecule has 0 saturated carbocycles. The molecule has 0 amide bonds. The molecule has 3 aromatic rings. The van der Waals surface area contributed by atoms with Gasteiger partial charge in [0.25, 0.3) is 0 Å². The van der Waals surface area contributed by atoms with Crippen LogP contribution in [0.25, 0.3) is 11.0 Å². The Labute approximate surface area is 208 Å². The van der Waals surface area contributed by atoms with Crippen LogP contribution < -0.4 is 0 Å². The second-order valence-corrected chi connectivity index (χ2v) is 9.37. The van der Waals surface area contributed by atoms with Crippen molar-refractivity contribution in [2.75, 3.05) is 6.61 Å². The number of fused-ring (bicyclic) bond motifs is 1. The minimum absolute atomic E-state index is 0.0406. The van der Waals surface area contributed by atoms with Crippen molar-refractivity contribution in [2.45, 2.75) is 45.6 Å². The molecule has 0 unspecified atom stereocenters. The molecular weight excluding hydrogens is 479 g/mol. The van der Waals surface area contributed by atoms with Gasteiger partial charge in [-0.1, -0.05) is 36.2 Å². The van der Waals surface area contributed by atoms with Crippen molar-refractivity contribution in [1.29, 1.82) is 0 Å². The Balaban J connectivity index is 1.66. The number of rotatable bonds is 12. The molecule has 0 radical (unpaired) electrons. The Morgan fingerprint density at radius 2 is 1.94 bits per heavy atom. The maximum atomic E-state index is 13.2. The van der Waals surface area contributed by atoms with Crippen molar-refractivity contribution >= 4 is 46.0 Å². The number of aromatic nitrogens is 2. The van der Waals surface area contributed by atoms with Gasteiger partial charge in [0, 0.05) is 49.3 Å². The zero-order chi connectivity index (χ0) is 24.8. The number of pyridine rings is 1. The predicted molar refractivity (Wildman–Crippen MR) is 132 cm³/mol. The number of phenolic OH excluding ortho intramolecular Hbond substituents is 1. The smallest absolute Gasteiger partial charge is 0.303 e. The third-order valence-electron chi connectivity index (χ3n) is 5.68. The van der Waals surface area contributed by atoms with Gasteiger partial charge in [-0.2, -0.15) is 0 Å². The molecule has 2 heterocycles. The average Bonchev–Trinajstić information content (AvgIpc) is 3.03. The van der Waals surface area contributed by atoms with Gasteiger partial charge in [0.05, 0.1) is 16.7 Å². The Hall–Kier alpha value is -2.61. The highest BCUT2D eigenvalue weighted by Gasteiger charge is 2.24. The Morgan fingerprint density at radius 1 is 1.18 bits per heavy atom. The van der Waals surface area contributed by atoms with Crippen LogP contribution in [0.2, 0.25) is 10.0 Å². The second kappa shape index (κ2) is 11.7. The van der Waals surface area contributed by atoms with Crippen molar-refractivity contribution < 1.29 is 24.5 Å². The number of aryl methyl sites for hydroxylation is 1. The quantitative estimate of drug-likeness (QED) is 0.237. The van der Waals surface area contributed by atoms with Crippen LogP contribution in [-0.4, -0.2) is 38.1 Å². The van der Waals surface area contributed by atoms with E-state index in [1.165, 1.54) is 6.07 Å². The first-order chi connectivity index (χ1) is 16.2. The number of aliphatic carboxylic acids is 1. The number of hydrogen-bond donors (Lipinski definition) is 2. The van der Waals surface area contributed by atoms with Crippen LogP contribution in [-0.2, 0) is 29.6 Å². The van der Waals surface area contributed by atoms with Crippen molar-refractivity contribution in [2.24, 2.45) is 13.0 Å². The second-order valence-electron chi connectivity index (χ2n) is 8.53. The van der Waals surface area contributed by atoms with Crippen LogP contribution in [0, 0.1) is 5.92 Å². The number of aromatic hydroxyl groups is 1. The van der Waals surface area contributed by atoms with E-state index in [2.05, 4.69) is 4.98 Å². The number of unbranched alkanes of at least 4 members (excludes halogenated alkanes) is 1. The predicted octanol–water partition coefficient (Wildman–Crippen LogP) is 5.81. The fourth-order valence-electron chi connectivity index (χ4n) is 4.05. The van der Waals surface area contributed by atoms with Gasteiger partial charge >= 0.3 is 5.97 Å². The molecule has 0 bridgehead atoms. The summed E-state index contributed by atoms with van der Waals surface area (Å²) in [6, 6.07) is 6.72. The van der Waals surface area contributed by atoms with Crippen LogP contribution in [0.4, 0.5) is 0 Å². The summed E-state index contributed by atoms with van der Waals surface area (Å²) in [5.74, 6) is -1.25. The molecule has 0 saturated heterocycles. The van der Waals surface area contributed by atoms with E-state index in [0.29, 0.717) is 46.3 Å². The molecule has 9 heteroatoms. The molecule has 1 atom stereocenters. The largest absolute Gasteiger partial charge is 0.506 e. The van der Waals surface area contributed by atoms with E-state index in [1.54, 1.807) is 31.3 Å². The van der Waals surface area contributed by atoms with E-state index < -0.39 is 5.97 Å². The topological polar surface area (TPSA) is 102 Å². The molecule has 0 aliphatic rings. The number of carbonyl (C=O) groups excluding carboxylic acids is 1. The summed E-state index contributed by atoms with van der Waals surface area (Å²) in [5, 5.41) is 20.0. The molecule has 0 fully saturated rings. The summed E-state index contributed by atoms with van der Waals surface area (Å²) in [4.78, 5) is 28.6. The van der Waals surface area contributed by atoms with Crippen LogP contribution in [0.15, 0.2) is 30.5 Å². The lowest BCUT2D eigenvalue weighted by Gasteiger charge is -2.11. The van der Waals surface area contributed by atoms with Gasteiger partial charge in [-0.25, -0.2) is 4.98 Å². The molecule has 0 aliphatic heterocycles. The van der Waals surface area contributed by atoms with E-state index in [-0.39, 0.29) is 30.3 Å². The Kier molecular flexibility index (Phi) is 8.94. The third-order valence-corrected chi connectivity index (χ3v) is 6.19. The van der Waals surface area contributed by atoms with Crippen LogP contribution in [0.1, 0.15) is 54.2 Å². The maximum Gasteiger partial charge on any atom is 0.303 e. The number of phenols is 1. The summed E-state index contributed by atoms with van der Waals surface area (Å²) < 4.78 is 7.64. The molecule has 1 aromatic carbocycles. The standard InChI is InChI=1S/C25H28Cl2N2O5/c1-15(10-23(32)33)9-22(31)24-18-12-17(26)13-28-25(18)29(2)20(24)5-3-4-8-34-14-16-6-7-21(30)19(27)11-16/h6-7,11-13,15,30H,3-5,8-10,14H2,1-2H3,(H,32,33)/t15-/m0/s1. The van der Waals surface area contributed by atoms with E-state index in [4.69, 9.17) is 33.0 Å². The number of benzene rings is 1. The van der Waals surface area contributed by atoms with E-state index in [1.807, 2.05) is 11.6 Å². The number of nitrogens with zero attached hydrogens (tertiary/aromatic N) is 2. The van der Waals surface area contributed by atoms with E-state index >= 15 is 0 Å². The van der Waals surface area contributed by atoms with Crippen LogP contribution >= 0.6 is 23.2 Å². The van der Waals surface area contributed by atoms with Crippen LogP contribution in [0.5, 0.6) is 5.75 Å². The van der Waals surface area contributed by atoms with Gasteiger partial charge in [0.2, 0.25) is 0 Å². The number of halogens is 2. The van der Waals surface area contributed by atoms with Gasteiger partial charge < -0.3 is 19.5 Å². The van der Waals surface area contributed by atoms with Gasteiger partial charge in [0.15, 0.2) is 5.78 Å². The lowest BCUT2D eigenvalue weighted by atomic mass is 9.94. The van der Waals surface area contributed by atoms with Gasteiger partial charge in [-0.3, -0.25) is 9.59 Å². The zero-order valence-electron chi connectivity index (χ0n) is 19.2. The molecule has 0 spiro atoms. The fourth-order valence-corrected chi connectivity index (χ4v) is 4.41. The SMILES string of the molecule is C[C@H](CC(=O)O)CC(=O)c1c(CCCCOCc2ccc(O)c(Cl)c2)n(C)c2ncc(Cl)cc12. The molecule has 0 aliphatic carbocycles. The van der Waals surface area contributed by atoms with Gasteiger partial charge in [0.1, 0.15) is 11.4 Å². The molecule has 2 N–H and O–H groups in total. The lowest BCUT2D eigenvalue weighted by molar-refractivity contribution is -0.137. The number of hydrogen-bond acceptors (Lipinski definition) is 5. The van der Waals surface area contributed by atoms with Gasteiger partial charge in [-0.15, -0.1) is 0 Å². The summed E-state index contributed by atoms with van der Waals surface area (Å²) in [7, 11) is 1.88. The fraction of sp³-hybridized carbons (Fsp3) is 0.400. The van der Waals surface area contributed by atoms with Crippen LogP contribution in [0.3, 0.4) is 0 Å². The number of carboxylic acid groups (broad SMARTS) is 1. The molecule has 2 aromatic heterocycles. The first kappa shape index (κ1) is 26.0. The monoisotopic (exact) mass is 506 g/mol. The van der Waals surface area contributed by atoms with Crippen molar-refractivity contribution in [3.8, 4) is 5.75 Å². The lowest BCUT2D eigenvalue weighted by Crippen LogP contribution is -2.12. The third kappa shape index (κ3) is 6.50. The summed E-state index contributed by atoms with van der Waals surface area (Å²) in [6.45, 7) is 2.69. The van der Waals surface area contributed by atoms with Crippen molar-refractivity contribution in [3.63, 3.8) is 0 Å². The molecular formula is C25H28Cl2N2O5. The maximum absolute atomic E-state index is 13.2. The zero-order valence-corrected chi connectivity index (χ0v) is 20.7. The van der Waals surface area contributed by atoms with E-state index in [0.717, 1.165) is 24.1 Å². The highest BCUT2D eigenvalue weighted by atomic mass is 35.5. The van der Waals surface area contributed by atoms with Crippen molar-refractivity contribution in [1.82, 2.24) is 9.55 Å². The summed E-state index contributed by atoms with van der Waals surface area (Å²) in [5.41, 5.74) is 2.99.